The molecule has 1 aliphatic heterocycles. The van der Waals surface area contributed by atoms with Crippen LogP contribution < -0.4 is 10.6 Å². The van der Waals surface area contributed by atoms with E-state index >= 15 is 0 Å². The lowest BCUT2D eigenvalue weighted by Gasteiger charge is -2.09. The lowest BCUT2D eigenvalue weighted by Crippen LogP contribution is -2.33. The normalized spacial score (nSPS) is 31.1. The average Bonchev–Trinajstić information content (AvgIpc) is 2.37. The number of halogens is 2. The van der Waals surface area contributed by atoms with Crippen molar-refractivity contribution in [3.63, 3.8) is 0 Å². The highest BCUT2D eigenvalue weighted by Gasteiger charge is 2.21. The molecule has 0 radical (unpaired) electrons. The molecule has 0 aliphatic carbocycles. The molecule has 66 valence electrons. The molecule has 1 fully saturated rings. The number of hydrogen-bond acceptors (Lipinski definition) is 3. The van der Waals surface area contributed by atoms with Crippen molar-refractivity contribution in [1.29, 1.82) is 0 Å². The predicted octanol–water partition coefficient (Wildman–Crippen LogP) is 0.135. The van der Waals surface area contributed by atoms with Gasteiger partial charge in [0.1, 0.15) is 0 Å². The first-order chi connectivity index (χ1) is 5.33. The Labute approximate surface area is 64.1 Å². The van der Waals surface area contributed by atoms with Gasteiger partial charge in [-0.15, -0.1) is 0 Å². The number of hydrogen-bond donors (Lipinski definition) is 2. The van der Waals surface area contributed by atoms with Crippen LogP contribution in [0.15, 0.2) is 0 Å². The van der Waals surface area contributed by atoms with E-state index in [2.05, 4.69) is 15.4 Å². The van der Waals surface area contributed by atoms with E-state index in [1.807, 2.05) is 0 Å². The highest BCUT2D eigenvalue weighted by molar-refractivity contribution is 4.75. The second kappa shape index (κ2) is 4.58. The third kappa shape index (κ3) is 3.09. The second-order valence-corrected chi connectivity index (χ2v) is 2.40. The van der Waals surface area contributed by atoms with Crippen LogP contribution in [0.2, 0.25) is 0 Å². The van der Waals surface area contributed by atoms with E-state index in [4.69, 9.17) is 0 Å². The van der Waals surface area contributed by atoms with Crippen molar-refractivity contribution in [2.75, 3.05) is 20.0 Å². The summed E-state index contributed by atoms with van der Waals surface area (Å²) in [5.74, 6) is 0. The van der Waals surface area contributed by atoms with Gasteiger partial charge < -0.3 is 4.74 Å². The Kier molecular flexibility index (Phi) is 3.68. The van der Waals surface area contributed by atoms with E-state index < -0.39 is 13.2 Å². The van der Waals surface area contributed by atoms with Gasteiger partial charge in [-0.2, -0.15) is 0 Å². The maximum atomic E-state index is 12.4. The van der Waals surface area contributed by atoms with E-state index in [0.717, 1.165) is 0 Å². The molecule has 0 aromatic rings. The van der Waals surface area contributed by atoms with E-state index in [0.29, 0.717) is 19.6 Å². The predicted molar refractivity (Wildman–Crippen MR) is 36.4 cm³/mol. The standard InChI is InChI=1S/C6H12F2N2O/c7-4-11-2-1-6-9-3-5(8)10-6/h5-6,9-10H,1-4H2. The van der Waals surface area contributed by atoms with Crippen LogP contribution in [0.3, 0.4) is 0 Å². The number of ether oxygens (including phenoxy) is 1. The van der Waals surface area contributed by atoms with E-state index in [1.54, 1.807) is 0 Å². The SMILES string of the molecule is FCOCCC1NCC(F)N1. The lowest BCUT2D eigenvalue weighted by molar-refractivity contribution is 0.0515. The molecule has 0 spiro atoms. The molecule has 2 atom stereocenters. The molecule has 2 N–H and O–H groups in total. The van der Waals surface area contributed by atoms with Crippen LogP contribution in [0.1, 0.15) is 6.42 Å². The van der Waals surface area contributed by atoms with Crippen molar-refractivity contribution < 1.29 is 13.5 Å². The molecule has 0 aromatic carbocycles. The van der Waals surface area contributed by atoms with Crippen molar-refractivity contribution in [1.82, 2.24) is 10.6 Å². The van der Waals surface area contributed by atoms with Crippen molar-refractivity contribution >= 4 is 0 Å². The van der Waals surface area contributed by atoms with Crippen LogP contribution in [-0.4, -0.2) is 32.5 Å². The van der Waals surface area contributed by atoms with Gasteiger partial charge >= 0.3 is 0 Å². The van der Waals surface area contributed by atoms with Gasteiger partial charge in [0.15, 0.2) is 13.2 Å². The Hall–Kier alpha value is -0.260. The molecule has 1 rings (SSSR count). The third-order valence-electron chi connectivity index (χ3n) is 1.55. The zero-order chi connectivity index (χ0) is 8.10. The second-order valence-electron chi connectivity index (χ2n) is 2.40. The topological polar surface area (TPSA) is 33.3 Å². The summed E-state index contributed by atoms with van der Waals surface area (Å²) in [5.41, 5.74) is 0. The summed E-state index contributed by atoms with van der Waals surface area (Å²) in [6.07, 6.45) is -0.466. The van der Waals surface area contributed by atoms with Crippen molar-refractivity contribution in [2.45, 2.75) is 18.9 Å². The maximum absolute atomic E-state index is 12.4. The van der Waals surface area contributed by atoms with Gasteiger partial charge in [-0.25, -0.2) is 8.78 Å². The maximum Gasteiger partial charge on any atom is 0.188 e. The summed E-state index contributed by atoms with van der Waals surface area (Å²) in [6.45, 7) is -0.139. The summed E-state index contributed by atoms with van der Waals surface area (Å²) in [5, 5.41) is 5.51. The van der Waals surface area contributed by atoms with Gasteiger partial charge in [-0.05, 0) is 6.42 Å². The lowest BCUT2D eigenvalue weighted by atomic mass is 10.4. The van der Waals surface area contributed by atoms with Gasteiger partial charge in [0.25, 0.3) is 0 Å². The highest BCUT2D eigenvalue weighted by Crippen LogP contribution is 1.99. The van der Waals surface area contributed by atoms with Gasteiger partial charge in [-0.3, -0.25) is 10.6 Å². The highest BCUT2D eigenvalue weighted by atomic mass is 19.1. The van der Waals surface area contributed by atoms with Crippen LogP contribution in [-0.2, 0) is 4.74 Å². The molecule has 5 heteroatoms. The number of alkyl halides is 2. The fraction of sp³-hybridized carbons (Fsp3) is 1.00. The minimum absolute atomic E-state index is 0.0726. The zero-order valence-electron chi connectivity index (χ0n) is 6.15. The molecule has 0 bridgehead atoms. The van der Waals surface area contributed by atoms with Crippen LogP contribution >= 0.6 is 0 Å². The molecular weight excluding hydrogens is 154 g/mol. The Morgan fingerprint density at radius 2 is 2.36 bits per heavy atom. The fourth-order valence-corrected chi connectivity index (χ4v) is 1.02. The van der Waals surface area contributed by atoms with Crippen molar-refractivity contribution in [3.05, 3.63) is 0 Å². The quantitative estimate of drug-likeness (QED) is 0.460. The minimum Gasteiger partial charge on any atom is -0.350 e. The van der Waals surface area contributed by atoms with Crippen molar-refractivity contribution in [2.24, 2.45) is 0 Å². The first kappa shape index (κ1) is 8.83. The Morgan fingerprint density at radius 3 is 2.91 bits per heavy atom. The van der Waals surface area contributed by atoms with Gasteiger partial charge in [0.2, 0.25) is 0 Å². The molecule has 1 aliphatic rings. The van der Waals surface area contributed by atoms with Crippen LogP contribution in [0.4, 0.5) is 8.78 Å². The Balaban J connectivity index is 1.99. The number of nitrogens with one attached hydrogen (secondary N) is 2. The zero-order valence-corrected chi connectivity index (χ0v) is 6.15. The van der Waals surface area contributed by atoms with E-state index in [9.17, 15) is 8.78 Å². The molecule has 2 unspecified atom stereocenters. The molecule has 11 heavy (non-hydrogen) atoms. The summed E-state index contributed by atoms with van der Waals surface area (Å²) in [4.78, 5) is 0. The fourth-order valence-electron chi connectivity index (χ4n) is 1.02. The van der Waals surface area contributed by atoms with Gasteiger partial charge in [0.05, 0.1) is 12.8 Å². The van der Waals surface area contributed by atoms with Crippen LogP contribution in [0, 0.1) is 0 Å². The first-order valence-corrected chi connectivity index (χ1v) is 3.60. The monoisotopic (exact) mass is 166 g/mol. The van der Waals surface area contributed by atoms with Gasteiger partial charge in [0, 0.05) is 6.54 Å². The molecule has 1 saturated heterocycles. The van der Waals surface area contributed by atoms with Crippen LogP contribution in [0.5, 0.6) is 0 Å². The molecular formula is C6H12F2N2O. The molecule has 0 aromatic heterocycles. The largest absolute Gasteiger partial charge is 0.350 e. The third-order valence-corrected chi connectivity index (χ3v) is 1.55. The molecule has 3 nitrogen and oxygen atoms in total. The summed E-state index contributed by atoms with van der Waals surface area (Å²) in [7, 11) is 0. The molecule has 1 heterocycles. The van der Waals surface area contributed by atoms with Crippen molar-refractivity contribution in [3.8, 4) is 0 Å². The first-order valence-electron chi connectivity index (χ1n) is 3.60. The Morgan fingerprint density at radius 1 is 1.55 bits per heavy atom. The number of rotatable bonds is 4. The molecule has 0 saturated carbocycles. The average molecular weight is 166 g/mol. The summed E-state index contributed by atoms with van der Waals surface area (Å²) >= 11 is 0. The van der Waals surface area contributed by atoms with Gasteiger partial charge in [-0.1, -0.05) is 0 Å². The summed E-state index contributed by atoms with van der Waals surface area (Å²) in [6, 6.07) is 0. The van der Waals surface area contributed by atoms with Crippen LogP contribution in [0.25, 0.3) is 0 Å². The minimum atomic E-state index is -0.981. The smallest absolute Gasteiger partial charge is 0.188 e. The van der Waals surface area contributed by atoms with E-state index in [1.165, 1.54) is 0 Å². The summed E-state index contributed by atoms with van der Waals surface area (Å²) < 4.78 is 28.3. The molecule has 0 amide bonds. The van der Waals surface area contributed by atoms with E-state index in [-0.39, 0.29) is 6.17 Å². The Bertz CT molecular complexity index is 115.